The van der Waals surface area contributed by atoms with Crippen molar-refractivity contribution in [1.82, 2.24) is 10.2 Å². The van der Waals surface area contributed by atoms with Gasteiger partial charge in [-0.2, -0.15) is 0 Å². The minimum Gasteiger partial charge on any atom is -0.497 e. The van der Waals surface area contributed by atoms with Gasteiger partial charge in [0.1, 0.15) is 18.1 Å². The van der Waals surface area contributed by atoms with E-state index < -0.39 is 12.1 Å². The Hall–Kier alpha value is -3.06. The third-order valence-corrected chi connectivity index (χ3v) is 4.91. The smallest absolute Gasteiger partial charge is 0.251 e. The molecule has 1 aliphatic heterocycles. The molecule has 2 atom stereocenters. The van der Waals surface area contributed by atoms with Gasteiger partial charge in [-0.05, 0) is 24.6 Å². The average Bonchev–Trinajstić information content (AvgIpc) is 2.75. The van der Waals surface area contributed by atoms with Crippen molar-refractivity contribution in [2.24, 2.45) is 0 Å². The standard InChI is InChI=1S/C22H26N2O5/c1-4-23-22(26)21-20(15-8-6-5-7-9-15)24(19(25)14-29-21)13-16-10-11-17(27-2)12-18(16)28-3/h5-12,20-21H,4,13-14H2,1-3H3,(H,23,26)/t20-,21+/m0/s1. The van der Waals surface area contributed by atoms with Crippen molar-refractivity contribution in [2.75, 3.05) is 27.4 Å². The highest BCUT2D eigenvalue weighted by Gasteiger charge is 2.41. The lowest BCUT2D eigenvalue weighted by Gasteiger charge is -2.40. The SMILES string of the molecule is CCNC(=O)[C@@H]1OCC(=O)N(Cc2ccc(OC)cc2OC)[C@H]1c1ccccc1. The minimum absolute atomic E-state index is 0.149. The van der Waals surface area contributed by atoms with Gasteiger partial charge < -0.3 is 24.4 Å². The van der Waals surface area contributed by atoms with Gasteiger partial charge in [0, 0.05) is 18.2 Å². The van der Waals surface area contributed by atoms with E-state index in [0.29, 0.717) is 18.0 Å². The Morgan fingerprint density at radius 2 is 1.93 bits per heavy atom. The van der Waals surface area contributed by atoms with Gasteiger partial charge in [0.05, 0.1) is 26.8 Å². The van der Waals surface area contributed by atoms with Gasteiger partial charge in [-0.3, -0.25) is 9.59 Å². The number of hydrogen-bond acceptors (Lipinski definition) is 5. The Kier molecular flexibility index (Phi) is 6.72. The summed E-state index contributed by atoms with van der Waals surface area (Å²) in [5.74, 6) is 0.863. The molecule has 154 valence electrons. The van der Waals surface area contributed by atoms with E-state index >= 15 is 0 Å². The number of rotatable bonds is 7. The molecule has 1 saturated heterocycles. The summed E-state index contributed by atoms with van der Waals surface area (Å²) in [6.45, 7) is 2.47. The Balaban J connectivity index is 1.99. The van der Waals surface area contributed by atoms with Crippen molar-refractivity contribution < 1.29 is 23.8 Å². The molecule has 1 heterocycles. The summed E-state index contributed by atoms with van der Waals surface area (Å²) in [7, 11) is 3.16. The fraction of sp³-hybridized carbons (Fsp3) is 0.364. The normalized spacial score (nSPS) is 19.0. The highest BCUT2D eigenvalue weighted by atomic mass is 16.5. The Bertz CT molecular complexity index is 856. The number of nitrogens with zero attached hydrogens (tertiary/aromatic N) is 1. The van der Waals surface area contributed by atoms with E-state index in [0.717, 1.165) is 11.1 Å². The van der Waals surface area contributed by atoms with Crippen LogP contribution in [0.2, 0.25) is 0 Å². The maximum Gasteiger partial charge on any atom is 0.251 e. The Morgan fingerprint density at radius 3 is 2.59 bits per heavy atom. The average molecular weight is 398 g/mol. The van der Waals surface area contributed by atoms with Crippen LogP contribution >= 0.6 is 0 Å². The molecule has 2 amide bonds. The number of methoxy groups -OCH3 is 2. The largest absolute Gasteiger partial charge is 0.497 e. The first-order chi connectivity index (χ1) is 14.1. The van der Waals surface area contributed by atoms with Crippen molar-refractivity contribution in [2.45, 2.75) is 25.6 Å². The fourth-order valence-corrected chi connectivity index (χ4v) is 3.51. The summed E-state index contributed by atoms with van der Waals surface area (Å²) in [5, 5.41) is 2.81. The summed E-state index contributed by atoms with van der Waals surface area (Å²) < 4.78 is 16.4. The zero-order valence-electron chi connectivity index (χ0n) is 16.9. The molecule has 1 fully saturated rings. The van der Waals surface area contributed by atoms with E-state index in [1.807, 2.05) is 49.4 Å². The number of carbonyl (C=O) groups excluding carboxylic acids is 2. The van der Waals surface area contributed by atoms with Crippen LogP contribution in [0.3, 0.4) is 0 Å². The lowest BCUT2D eigenvalue weighted by molar-refractivity contribution is -0.165. The van der Waals surface area contributed by atoms with E-state index in [1.165, 1.54) is 0 Å². The molecule has 2 aromatic rings. The molecule has 0 saturated carbocycles. The number of nitrogens with one attached hydrogen (secondary N) is 1. The first kappa shape index (κ1) is 20.7. The van der Waals surface area contributed by atoms with Crippen LogP contribution in [-0.4, -0.2) is 50.2 Å². The Labute approximate surface area is 170 Å². The summed E-state index contributed by atoms with van der Waals surface area (Å²) in [5.41, 5.74) is 1.66. The third-order valence-electron chi connectivity index (χ3n) is 4.91. The molecule has 0 aromatic heterocycles. The zero-order valence-corrected chi connectivity index (χ0v) is 16.9. The van der Waals surface area contributed by atoms with Gasteiger partial charge >= 0.3 is 0 Å². The number of morpholine rings is 1. The molecule has 0 radical (unpaired) electrons. The van der Waals surface area contributed by atoms with Crippen LogP contribution in [0.15, 0.2) is 48.5 Å². The van der Waals surface area contributed by atoms with E-state index in [9.17, 15) is 9.59 Å². The highest BCUT2D eigenvalue weighted by molar-refractivity contribution is 5.86. The molecule has 7 nitrogen and oxygen atoms in total. The number of likely N-dealkylation sites (N-methyl/N-ethyl adjacent to an activating group) is 1. The molecular weight excluding hydrogens is 372 g/mol. The molecule has 0 bridgehead atoms. The lowest BCUT2D eigenvalue weighted by atomic mass is 9.96. The highest BCUT2D eigenvalue weighted by Crippen LogP contribution is 2.34. The van der Waals surface area contributed by atoms with E-state index in [2.05, 4.69) is 5.32 Å². The maximum atomic E-state index is 12.8. The molecule has 7 heteroatoms. The second kappa shape index (κ2) is 9.43. The van der Waals surface area contributed by atoms with Crippen LogP contribution in [0.1, 0.15) is 24.1 Å². The third kappa shape index (κ3) is 4.51. The van der Waals surface area contributed by atoms with Crippen molar-refractivity contribution in [3.05, 3.63) is 59.7 Å². The molecule has 1 aliphatic rings. The maximum absolute atomic E-state index is 12.8. The van der Waals surface area contributed by atoms with Crippen molar-refractivity contribution in [3.63, 3.8) is 0 Å². The van der Waals surface area contributed by atoms with Crippen LogP contribution in [0.4, 0.5) is 0 Å². The van der Waals surface area contributed by atoms with Crippen LogP contribution < -0.4 is 14.8 Å². The van der Waals surface area contributed by atoms with Gasteiger partial charge in [-0.1, -0.05) is 30.3 Å². The number of amides is 2. The summed E-state index contributed by atoms with van der Waals surface area (Å²) in [4.78, 5) is 27.2. The predicted molar refractivity (Wildman–Crippen MR) is 108 cm³/mol. The molecule has 0 aliphatic carbocycles. The van der Waals surface area contributed by atoms with E-state index in [1.54, 1.807) is 25.2 Å². The number of carbonyl (C=O) groups is 2. The van der Waals surface area contributed by atoms with Crippen molar-refractivity contribution >= 4 is 11.8 Å². The fourth-order valence-electron chi connectivity index (χ4n) is 3.51. The first-order valence-corrected chi connectivity index (χ1v) is 9.53. The minimum atomic E-state index is -0.792. The molecule has 0 unspecified atom stereocenters. The monoisotopic (exact) mass is 398 g/mol. The van der Waals surface area contributed by atoms with Crippen molar-refractivity contribution in [3.8, 4) is 11.5 Å². The van der Waals surface area contributed by atoms with Crippen molar-refractivity contribution in [1.29, 1.82) is 0 Å². The van der Waals surface area contributed by atoms with Gasteiger partial charge in [-0.15, -0.1) is 0 Å². The summed E-state index contributed by atoms with van der Waals surface area (Å²) >= 11 is 0. The molecule has 29 heavy (non-hydrogen) atoms. The lowest BCUT2D eigenvalue weighted by Crippen LogP contribution is -2.54. The van der Waals surface area contributed by atoms with Crippen LogP contribution in [0, 0.1) is 0 Å². The van der Waals surface area contributed by atoms with E-state index in [4.69, 9.17) is 14.2 Å². The molecule has 0 spiro atoms. The summed E-state index contributed by atoms with van der Waals surface area (Å²) in [6, 6.07) is 14.4. The molecular formula is C22H26N2O5. The van der Waals surface area contributed by atoms with Crippen LogP contribution in [-0.2, 0) is 20.9 Å². The van der Waals surface area contributed by atoms with Crippen LogP contribution in [0.5, 0.6) is 11.5 Å². The second-order valence-electron chi connectivity index (χ2n) is 6.68. The molecule has 1 N–H and O–H groups in total. The molecule has 3 rings (SSSR count). The number of ether oxygens (including phenoxy) is 3. The first-order valence-electron chi connectivity index (χ1n) is 9.53. The predicted octanol–water partition coefficient (Wildman–Crippen LogP) is 2.31. The van der Waals surface area contributed by atoms with E-state index in [-0.39, 0.29) is 25.0 Å². The number of benzene rings is 2. The topological polar surface area (TPSA) is 77.1 Å². The second-order valence-corrected chi connectivity index (χ2v) is 6.68. The van der Waals surface area contributed by atoms with Gasteiger partial charge in [0.25, 0.3) is 5.91 Å². The quantitative estimate of drug-likeness (QED) is 0.775. The zero-order chi connectivity index (χ0) is 20.8. The Morgan fingerprint density at radius 1 is 1.17 bits per heavy atom. The van der Waals surface area contributed by atoms with Gasteiger partial charge in [0.15, 0.2) is 6.10 Å². The molecule has 2 aromatic carbocycles. The summed E-state index contributed by atoms with van der Waals surface area (Å²) in [6.07, 6.45) is -0.792. The van der Waals surface area contributed by atoms with Gasteiger partial charge in [0.2, 0.25) is 5.91 Å². The number of hydrogen-bond donors (Lipinski definition) is 1. The van der Waals surface area contributed by atoms with Crippen LogP contribution in [0.25, 0.3) is 0 Å². The van der Waals surface area contributed by atoms with Gasteiger partial charge in [-0.25, -0.2) is 0 Å².